The number of hydrogen-bond acceptors (Lipinski definition) is 4. The third-order valence-electron chi connectivity index (χ3n) is 3.87. The number of rotatable bonds is 7. The summed E-state index contributed by atoms with van der Waals surface area (Å²) >= 11 is 0. The Hall–Kier alpha value is -3.48. The molecule has 3 rings (SSSR count). The van der Waals surface area contributed by atoms with Crippen molar-refractivity contribution >= 4 is 22.7 Å². The highest BCUT2D eigenvalue weighted by molar-refractivity contribution is 5.89. The number of para-hydroxylation sites is 1. The lowest BCUT2D eigenvalue weighted by atomic mass is 10.1. The van der Waals surface area contributed by atoms with E-state index in [9.17, 15) is 9.59 Å². The van der Waals surface area contributed by atoms with E-state index in [0.29, 0.717) is 12.4 Å². The highest BCUT2D eigenvalue weighted by Crippen LogP contribution is 2.18. The Morgan fingerprint density at radius 1 is 0.926 bits per heavy atom. The van der Waals surface area contributed by atoms with E-state index in [1.807, 2.05) is 31.2 Å². The van der Waals surface area contributed by atoms with Crippen LogP contribution in [-0.2, 0) is 16.0 Å². The average molecular weight is 367 g/mol. The third-order valence-corrected chi connectivity index (χ3v) is 3.87. The van der Waals surface area contributed by atoms with Crippen molar-refractivity contribution in [3.8, 4) is 11.5 Å². The minimum Gasteiger partial charge on any atom is -0.494 e. The summed E-state index contributed by atoms with van der Waals surface area (Å²) in [5.74, 6) is 0.517. The van der Waals surface area contributed by atoms with Crippen LogP contribution in [0.2, 0.25) is 0 Å². The molecule has 0 aliphatic carbocycles. The molecule has 2 aromatic carbocycles. The number of carbonyl (C=O) groups excluding carboxylic acids is 2. The maximum Gasteiger partial charge on any atom is 0.276 e. The fourth-order valence-corrected chi connectivity index (χ4v) is 2.62. The quantitative estimate of drug-likeness (QED) is 0.559. The molecule has 0 saturated carbocycles. The number of amides is 2. The number of fused-ring (bicyclic) bond motifs is 1. The van der Waals surface area contributed by atoms with E-state index < -0.39 is 5.91 Å². The molecule has 7 nitrogen and oxygen atoms in total. The number of aromatic nitrogens is 1. The summed E-state index contributed by atoms with van der Waals surface area (Å²) < 4.78 is 10.7. The zero-order valence-electron chi connectivity index (χ0n) is 15.0. The first-order valence-corrected chi connectivity index (χ1v) is 8.64. The average Bonchev–Trinajstić information content (AvgIpc) is 3.09. The highest BCUT2D eigenvalue weighted by atomic mass is 16.5. The third kappa shape index (κ3) is 5.01. The van der Waals surface area contributed by atoms with Crippen LogP contribution in [0, 0.1) is 0 Å². The number of benzene rings is 2. The van der Waals surface area contributed by atoms with Gasteiger partial charge in [-0.3, -0.25) is 20.4 Å². The molecule has 3 N–H and O–H groups in total. The van der Waals surface area contributed by atoms with Gasteiger partial charge in [-0.1, -0.05) is 18.2 Å². The second-order valence-electron chi connectivity index (χ2n) is 5.83. The van der Waals surface area contributed by atoms with Gasteiger partial charge < -0.3 is 14.5 Å². The molecule has 2 amide bonds. The molecule has 0 bridgehead atoms. The van der Waals surface area contributed by atoms with Gasteiger partial charge in [0.05, 0.1) is 13.0 Å². The summed E-state index contributed by atoms with van der Waals surface area (Å²) in [4.78, 5) is 27.0. The SMILES string of the molecule is CCOc1ccc(OCC(=O)NNC(=O)Cc2c[nH]c3ccccc23)cc1. The lowest BCUT2D eigenvalue weighted by molar-refractivity contribution is -0.129. The smallest absolute Gasteiger partial charge is 0.276 e. The number of hydrazine groups is 1. The Kier molecular flexibility index (Phi) is 5.94. The molecule has 1 aromatic heterocycles. The predicted octanol–water partition coefficient (Wildman–Crippen LogP) is 2.34. The molecule has 0 atom stereocenters. The number of aromatic amines is 1. The summed E-state index contributed by atoms with van der Waals surface area (Å²) in [6.45, 7) is 2.28. The lowest BCUT2D eigenvalue weighted by Gasteiger charge is -2.09. The highest BCUT2D eigenvalue weighted by Gasteiger charge is 2.10. The van der Waals surface area contributed by atoms with Crippen LogP contribution in [0.1, 0.15) is 12.5 Å². The van der Waals surface area contributed by atoms with Crippen molar-refractivity contribution in [3.05, 3.63) is 60.3 Å². The monoisotopic (exact) mass is 367 g/mol. The Morgan fingerprint density at radius 2 is 1.59 bits per heavy atom. The fraction of sp³-hybridized carbons (Fsp3) is 0.200. The van der Waals surface area contributed by atoms with Crippen molar-refractivity contribution in [3.63, 3.8) is 0 Å². The molecule has 0 saturated heterocycles. The minimum absolute atomic E-state index is 0.157. The van der Waals surface area contributed by atoms with Gasteiger partial charge >= 0.3 is 0 Å². The topological polar surface area (TPSA) is 92.4 Å². The van der Waals surface area contributed by atoms with Gasteiger partial charge in [0.15, 0.2) is 6.61 Å². The minimum atomic E-state index is -0.448. The summed E-state index contributed by atoms with van der Waals surface area (Å²) in [5.41, 5.74) is 6.57. The van der Waals surface area contributed by atoms with Crippen LogP contribution >= 0.6 is 0 Å². The summed E-state index contributed by atoms with van der Waals surface area (Å²) in [5, 5.41) is 0.984. The van der Waals surface area contributed by atoms with Crippen molar-refractivity contribution in [2.24, 2.45) is 0 Å². The van der Waals surface area contributed by atoms with E-state index in [1.165, 1.54) is 0 Å². The summed E-state index contributed by atoms with van der Waals surface area (Å²) in [6.07, 6.45) is 1.95. The second kappa shape index (κ2) is 8.75. The van der Waals surface area contributed by atoms with Crippen LogP contribution in [0.3, 0.4) is 0 Å². The molecule has 1 heterocycles. The van der Waals surface area contributed by atoms with Crippen LogP contribution < -0.4 is 20.3 Å². The molecule has 3 aromatic rings. The van der Waals surface area contributed by atoms with E-state index in [-0.39, 0.29) is 18.9 Å². The largest absolute Gasteiger partial charge is 0.494 e. The van der Waals surface area contributed by atoms with Crippen molar-refractivity contribution < 1.29 is 19.1 Å². The summed E-state index contributed by atoms with van der Waals surface area (Å²) in [6, 6.07) is 14.7. The standard InChI is InChI=1S/C20H21N3O4/c1-2-26-15-7-9-16(10-8-15)27-13-20(25)23-22-19(24)11-14-12-21-18-6-4-3-5-17(14)18/h3-10,12,21H,2,11,13H2,1H3,(H,22,24)(H,23,25). The van der Waals surface area contributed by atoms with Gasteiger partial charge in [-0.15, -0.1) is 0 Å². The molecule has 0 unspecified atom stereocenters. The number of carbonyl (C=O) groups is 2. The van der Waals surface area contributed by atoms with E-state index >= 15 is 0 Å². The van der Waals surface area contributed by atoms with Crippen molar-refractivity contribution in [2.75, 3.05) is 13.2 Å². The molecule has 0 aliphatic heterocycles. The first kappa shape index (κ1) is 18.3. The molecule has 0 fully saturated rings. The maximum atomic E-state index is 12.0. The van der Waals surface area contributed by atoms with Crippen LogP contribution in [0.5, 0.6) is 11.5 Å². The van der Waals surface area contributed by atoms with Gasteiger partial charge in [0.2, 0.25) is 5.91 Å². The Labute approximate surface area is 156 Å². The van der Waals surface area contributed by atoms with Gasteiger partial charge in [-0.25, -0.2) is 0 Å². The number of nitrogens with one attached hydrogen (secondary N) is 3. The van der Waals surface area contributed by atoms with Crippen molar-refractivity contribution in [1.29, 1.82) is 0 Å². The first-order valence-electron chi connectivity index (χ1n) is 8.64. The molecular formula is C20H21N3O4. The van der Waals surface area contributed by atoms with E-state index in [4.69, 9.17) is 9.47 Å². The van der Waals surface area contributed by atoms with E-state index in [0.717, 1.165) is 22.2 Å². The Bertz CT molecular complexity index is 918. The molecule has 27 heavy (non-hydrogen) atoms. The Morgan fingerprint density at radius 3 is 2.33 bits per heavy atom. The van der Waals surface area contributed by atoms with E-state index in [2.05, 4.69) is 15.8 Å². The predicted molar refractivity (Wildman–Crippen MR) is 101 cm³/mol. The normalized spacial score (nSPS) is 10.4. The Balaban J connectivity index is 1.42. The molecule has 7 heteroatoms. The molecular weight excluding hydrogens is 346 g/mol. The lowest BCUT2D eigenvalue weighted by Crippen LogP contribution is -2.44. The van der Waals surface area contributed by atoms with Crippen molar-refractivity contribution in [1.82, 2.24) is 15.8 Å². The van der Waals surface area contributed by atoms with E-state index in [1.54, 1.807) is 30.5 Å². The number of H-pyrrole nitrogens is 1. The molecule has 0 radical (unpaired) electrons. The van der Waals surface area contributed by atoms with Crippen LogP contribution in [0.4, 0.5) is 0 Å². The number of hydrogen-bond donors (Lipinski definition) is 3. The van der Waals surface area contributed by atoms with Crippen LogP contribution in [0.15, 0.2) is 54.7 Å². The zero-order valence-corrected chi connectivity index (χ0v) is 15.0. The zero-order chi connectivity index (χ0) is 19.1. The first-order chi connectivity index (χ1) is 13.2. The fourth-order valence-electron chi connectivity index (χ4n) is 2.62. The summed E-state index contributed by atoms with van der Waals surface area (Å²) in [7, 11) is 0. The van der Waals surface area contributed by atoms with Crippen molar-refractivity contribution in [2.45, 2.75) is 13.3 Å². The van der Waals surface area contributed by atoms with Gasteiger partial charge in [-0.05, 0) is 42.8 Å². The van der Waals surface area contributed by atoms with Gasteiger partial charge in [0.1, 0.15) is 11.5 Å². The second-order valence-corrected chi connectivity index (χ2v) is 5.83. The van der Waals surface area contributed by atoms with Crippen LogP contribution in [0.25, 0.3) is 10.9 Å². The van der Waals surface area contributed by atoms with Gasteiger partial charge in [0.25, 0.3) is 5.91 Å². The van der Waals surface area contributed by atoms with Gasteiger partial charge in [0, 0.05) is 17.1 Å². The number of ether oxygens (including phenoxy) is 2. The molecule has 140 valence electrons. The van der Waals surface area contributed by atoms with Crippen LogP contribution in [-0.4, -0.2) is 30.0 Å². The maximum absolute atomic E-state index is 12.0. The van der Waals surface area contributed by atoms with Gasteiger partial charge in [-0.2, -0.15) is 0 Å². The molecule has 0 spiro atoms. The molecule has 0 aliphatic rings.